The van der Waals surface area contributed by atoms with Gasteiger partial charge in [-0.25, -0.2) is 0 Å². The molecule has 0 saturated heterocycles. The van der Waals surface area contributed by atoms with Gasteiger partial charge in [0.2, 0.25) is 0 Å². The van der Waals surface area contributed by atoms with E-state index in [-0.39, 0.29) is 0 Å². The molecular weight excluding hydrogens is 222 g/mol. The molecule has 0 atom stereocenters. The highest BCUT2D eigenvalue weighted by molar-refractivity contribution is 5.82. The lowest BCUT2D eigenvalue weighted by Gasteiger charge is -2.03. The quantitative estimate of drug-likeness (QED) is 0.732. The van der Waals surface area contributed by atoms with Crippen LogP contribution in [0, 0.1) is 0 Å². The standard InChI is InChI=1S/C15H15N3/c1-2-6-15-14(5-1)13(11-18-15)10-17-9-12-4-3-7-16-8-12/h1-8,11,17-18H,9-10H2. The average Bonchev–Trinajstić information content (AvgIpc) is 2.84. The maximum absolute atomic E-state index is 4.10. The minimum absolute atomic E-state index is 0.841. The topological polar surface area (TPSA) is 40.7 Å². The van der Waals surface area contributed by atoms with Crippen LogP contribution in [0.4, 0.5) is 0 Å². The van der Waals surface area contributed by atoms with Crippen molar-refractivity contribution in [2.45, 2.75) is 13.1 Å². The second kappa shape index (κ2) is 5.02. The summed E-state index contributed by atoms with van der Waals surface area (Å²) in [5.74, 6) is 0. The van der Waals surface area contributed by atoms with Gasteiger partial charge in [-0.2, -0.15) is 0 Å². The molecule has 0 radical (unpaired) electrons. The molecule has 3 heteroatoms. The van der Waals surface area contributed by atoms with Crippen LogP contribution in [-0.2, 0) is 13.1 Å². The Bertz CT molecular complexity index is 628. The maximum Gasteiger partial charge on any atom is 0.0457 e. The van der Waals surface area contributed by atoms with Gasteiger partial charge in [-0.1, -0.05) is 24.3 Å². The fourth-order valence-electron chi connectivity index (χ4n) is 2.12. The molecule has 0 spiro atoms. The van der Waals surface area contributed by atoms with E-state index < -0.39 is 0 Å². The Morgan fingerprint density at radius 3 is 2.89 bits per heavy atom. The molecule has 0 amide bonds. The van der Waals surface area contributed by atoms with Crippen molar-refractivity contribution in [3.63, 3.8) is 0 Å². The highest BCUT2D eigenvalue weighted by Gasteiger charge is 2.01. The van der Waals surface area contributed by atoms with E-state index in [9.17, 15) is 0 Å². The Kier molecular flexibility index (Phi) is 3.07. The zero-order chi connectivity index (χ0) is 12.2. The van der Waals surface area contributed by atoms with Gasteiger partial charge in [0.05, 0.1) is 0 Å². The number of nitrogens with one attached hydrogen (secondary N) is 2. The van der Waals surface area contributed by atoms with Crippen molar-refractivity contribution in [1.82, 2.24) is 15.3 Å². The molecule has 2 heterocycles. The normalized spacial score (nSPS) is 10.9. The number of fused-ring (bicyclic) bond motifs is 1. The number of H-pyrrole nitrogens is 1. The van der Waals surface area contributed by atoms with Crippen molar-refractivity contribution in [1.29, 1.82) is 0 Å². The van der Waals surface area contributed by atoms with E-state index in [2.05, 4.69) is 45.7 Å². The number of pyridine rings is 1. The third kappa shape index (κ3) is 2.26. The number of hydrogen-bond donors (Lipinski definition) is 2. The SMILES string of the molecule is c1cncc(CNCc2c[nH]c3ccccc23)c1. The highest BCUT2D eigenvalue weighted by Crippen LogP contribution is 2.17. The predicted octanol–water partition coefficient (Wildman–Crippen LogP) is 2.85. The van der Waals surface area contributed by atoms with E-state index in [1.165, 1.54) is 22.0 Å². The van der Waals surface area contributed by atoms with Crippen LogP contribution >= 0.6 is 0 Å². The minimum Gasteiger partial charge on any atom is -0.361 e. The van der Waals surface area contributed by atoms with E-state index in [0.717, 1.165) is 13.1 Å². The molecule has 0 saturated carbocycles. The third-order valence-electron chi connectivity index (χ3n) is 3.04. The van der Waals surface area contributed by atoms with Crippen LogP contribution in [-0.4, -0.2) is 9.97 Å². The largest absolute Gasteiger partial charge is 0.361 e. The summed E-state index contributed by atoms with van der Waals surface area (Å²) in [6.07, 6.45) is 5.76. The van der Waals surface area contributed by atoms with Crippen molar-refractivity contribution >= 4 is 10.9 Å². The summed E-state index contributed by atoms with van der Waals surface area (Å²) in [4.78, 5) is 7.39. The van der Waals surface area contributed by atoms with Crippen molar-refractivity contribution in [3.8, 4) is 0 Å². The molecule has 18 heavy (non-hydrogen) atoms. The van der Waals surface area contributed by atoms with E-state index >= 15 is 0 Å². The molecule has 2 N–H and O–H groups in total. The molecule has 3 aromatic rings. The molecule has 0 unspecified atom stereocenters. The van der Waals surface area contributed by atoms with Gasteiger partial charge in [0.25, 0.3) is 0 Å². The van der Waals surface area contributed by atoms with Crippen molar-refractivity contribution in [2.24, 2.45) is 0 Å². The number of hydrogen-bond acceptors (Lipinski definition) is 2. The lowest BCUT2D eigenvalue weighted by molar-refractivity contribution is 0.694. The molecule has 0 aliphatic carbocycles. The van der Waals surface area contributed by atoms with Crippen molar-refractivity contribution < 1.29 is 0 Å². The van der Waals surface area contributed by atoms with Gasteiger partial charge in [0.1, 0.15) is 0 Å². The van der Waals surface area contributed by atoms with Gasteiger partial charge >= 0.3 is 0 Å². The summed E-state index contributed by atoms with van der Waals surface area (Å²) in [5.41, 5.74) is 3.70. The molecule has 3 rings (SSSR count). The Balaban J connectivity index is 1.67. The minimum atomic E-state index is 0.841. The zero-order valence-corrected chi connectivity index (χ0v) is 10.1. The first-order valence-corrected chi connectivity index (χ1v) is 6.08. The molecule has 2 aromatic heterocycles. The highest BCUT2D eigenvalue weighted by atomic mass is 14.9. The third-order valence-corrected chi connectivity index (χ3v) is 3.04. The van der Waals surface area contributed by atoms with Crippen molar-refractivity contribution in [2.75, 3.05) is 0 Å². The first-order chi connectivity index (χ1) is 8.93. The lowest BCUT2D eigenvalue weighted by atomic mass is 10.2. The fourth-order valence-corrected chi connectivity index (χ4v) is 2.12. The molecule has 3 nitrogen and oxygen atoms in total. The summed E-state index contributed by atoms with van der Waals surface area (Å²) in [5, 5.41) is 4.72. The molecule has 0 aliphatic rings. The number of nitrogens with zero attached hydrogens (tertiary/aromatic N) is 1. The van der Waals surface area contributed by atoms with Crippen LogP contribution in [0.15, 0.2) is 55.0 Å². The molecule has 0 aliphatic heterocycles. The first-order valence-electron chi connectivity index (χ1n) is 6.08. The number of benzene rings is 1. The number of para-hydroxylation sites is 1. The molecule has 0 fully saturated rings. The van der Waals surface area contributed by atoms with E-state index in [0.29, 0.717) is 0 Å². The van der Waals surface area contributed by atoms with Crippen LogP contribution in [0.3, 0.4) is 0 Å². The summed E-state index contributed by atoms with van der Waals surface area (Å²) in [7, 11) is 0. The summed E-state index contributed by atoms with van der Waals surface area (Å²) >= 11 is 0. The zero-order valence-electron chi connectivity index (χ0n) is 10.1. The average molecular weight is 237 g/mol. The predicted molar refractivity (Wildman–Crippen MR) is 73.1 cm³/mol. The molecule has 0 bridgehead atoms. The van der Waals surface area contributed by atoms with Gasteiger partial charge in [0, 0.05) is 42.6 Å². The maximum atomic E-state index is 4.10. The molecule has 90 valence electrons. The smallest absolute Gasteiger partial charge is 0.0457 e. The number of aromatic amines is 1. The second-order valence-corrected chi connectivity index (χ2v) is 4.32. The fraction of sp³-hybridized carbons (Fsp3) is 0.133. The van der Waals surface area contributed by atoms with E-state index in [1.54, 1.807) is 6.20 Å². The van der Waals surface area contributed by atoms with E-state index in [4.69, 9.17) is 0 Å². The lowest BCUT2D eigenvalue weighted by Crippen LogP contribution is -2.12. The summed E-state index contributed by atoms with van der Waals surface area (Å²) in [6, 6.07) is 12.4. The Morgan fingerprint density at radius 1 is 1.06 bits per heavy atom. The summed E-state index contributed by atoms with van der Waals surface area (Å²) in [6.45, 7) is 1.70. The monoisotopic (exact) mass is 237 g/mol. The van der Waals surface area contributed by atoms with Crippen LogP contribution in [0.25, 0.3) is 10.9 Å². The number of aromatic nitrogens is 2. The molecule has 1 aromatic carbocycles. The second-order valence-electron chi connectivity index (χ2n) is 4.32. The Morgan fingerprint density at radius 2 is 2.00 bits per heavy atom. The van der Waals surface area contributed by atoms with Gasteiger partial charge < -0.3 is 10.3 Å². The van der Waals surface area contributed by atoms with Gasteiger partial charge in [-0.05, 0) is 23.3 Å². The molecular formula is C15H15N3. The first kappa shape index (κ1) is 11.0. The van der Waals surface area contributed by atoms with Crippen LogP contribution < -0.4 is 5.32 Å². The van der Waals surface area contributed by atoms with Crippen LogP contribution in [0.2, 0.25) is 0 Å². The summed E-state index contributed by atoms with van der Waals surface area (Å²) < 4.78 is 0. The number of rotatable bonds is 4. The van der Waals surface area contributed by atoms with Gasteiger partial charge in [0.15, 0.2) is 0 Å². The van der Waals surface area contributed by atoms with Gasteiger partial charge in [-0.15, -0.1) is 0 Å². The van der Waals surface area contributed by atoms with Gasteiger partial charge in [-0.3, -0.25) is 4.98 Å². The Labute approximate surface area is 106 Å². The Hall–Kier alpha value is -2.13. The van der Waals surface area contributed by atoms with Crippen LogP contribution in [0.1, 0.15) is 11.1 Å². The van der Waals surface area contributed by atoms with Crippen LogP contribution in [0.5, 0.6) is 0 Å². The van der Waals surface area contributed by atoms with E-state index in [1.807, 2.05) is 18.3 Å². The van der Waals surface area contributed by atoms with Crippen molar-refractivity contribution in [3.05, 3.63) is 66.1 Å².